The minimum absolute atomic E-state index is 0.214. The van der Waals surface area contributed by atoms with Gasteiger partial charge in [0, 0.05) is 17.5 Å². The zero-order valence-electron chi connectivity index (χ0n) is 16.0. The number of nitrogens with zero attached hydrogens (tertiary/aromatic N) is 3. The molecule has 0 saturated heterocycles. The van der Waals surface area contributed by atoms with Crippen LogP contribution in [0.25, 0.3) is 11.3 Å². The molecular weight excluding hydrogens is 384 g/mol. The van der Waals surface area contributed by atoms with Crippen molar-refractivity contribution in [2.75, 3.05) is 24.0 Å². The number of nitrogens with one attached hydrogen (secondary N) is 1. The fourth-order valence-corrected chi connectivity index (χ4v) is 4.61. The molecule has 1 N–H and O–H groups in total. The van der Waals surface area contributed by atoms with Crippen molar-refractivity contribution in [3.63, 3.8) is 0 Å². The third kappa shape index (κ3) is 3.38. The van der Waals surface area contributed by atoms with E-state index < -0.39 is 0 Å². The first-order valence-corrected chi connectivity index (χ1v) is 10.4. The summed E-state index contributed by atoms with van der Waals surface area (Å²) in [4.78, 5) is 18.9. The summed E-state index contributed by atoms with van der Waals surface area (Å²) in [6.45, 7) is 0.842. The molecule has 0 spiro atoms. The van der Waals surface area contributed by atoms with E-state index in [-0.39, 0.29) is 5.91 Å². The van der Waals surface area contributed by atoms with Gasteiger partial charge in [-0.3, -0.25) is 10.2 Å². The van der Waals surface area contributed by atoms with Crippen LogP contribution in [-0.2, 0) is 17.6 Å². The molecular formula is C22H20N4O2S. The van der Waals surface area contributed by atoms with Crippen molar-refractivity contribution >= 4 is 34.3 Å². The van der Waals surface area contributed by atoms with E-state index in [1.54, 1.807) is 13.3 Å². The number of rotatable bonds is 5. The molecule has 0 unspecified atom stereocenters. The number of benzene rings is 2. The van der Waals surface area contributed by atoms with Gasteiger partial charge in [-0.25, -0.2) is 4.98 Å². The predicted octanol–water partition coefficient (Wildman–Crippen LogP) is 4.10. The minimum Gasteiger partial charge on any atom is -0.497 e. The Balaban J connectivity index is 1.33. The lowest BCUT2D eigenvalue weighted by Crippen LogP contribution is -2.31. The number of carbonyl (C=O) groups is 1. The van der Waals surface area contributed by atoms with Crippen LogP contribution in [0.15, 0.2) is 46.9 Å². The number of hydrogen-bond acceptors (Lipinski definition) is 6. The van der Waals surface area contributed by atoms with Crippen molar-refractivity contribution in [2.45, 2.75) is 19.3 Å². The zero-order chi connectivity index (χ0) is 19.8. The summed E-state index contributed by atoms with van der Waals surface area (Å²) in [5.74, 6) is 1.03. The molecule has 0 radical (unpaired) electrons. The molecule has 2 aliphatic heterocycles. The van der Waals surface area contributed by atoms with Gasteiger partial charge in [-0.2, -0.15) is 5.10 Å². The van der Waals surface area contributed by atoms with E-state index >= 15 is 0 Å². The molecule has 0 saturated carbocycles. The van der Waals surface area contributed by atoms with Crippen molar-refractivity contribution in [3.8, 4) is 17.0 Å². The van der Waals surface area contributed by atoms with Crippen molar-refractivity contribution in [2.24, 2.45) is 5.10 Å². The van der Waals surface area contributed by atoms with E-state index in [4.69, 9.17) is 4.74 Å². The molecule has 3 aromatic rings. The molecule has 0 fully saturated rings. The first-order chi connectivity index (χ1) is 14.2. The second-order valence-corrected chi connectivity index (χ2v) is 8.01. The molecule has 0 aliphatic carbocycles. The molecule has 7 heteroatoms. The Kier molecular flexibility index (Phi) is 4.52. The van der Waals surface area contributed by atoms with Crippen LogP contribution in [0.3, 0.4) is 0 Å². The summed E-state index contributed by atoms with van der Waals surface area (Å²) in [5, 5.41) is 7.03. The van der Waals surface area contributed by atoms with E-state index in [0.717, 1.165) is 58.3 Å². The van der Waals surface area contributed by atoms with Gasteiger partial charge in [0.15, 0.2) is 0 Å². The minimum atomic E-state index is 0.214. The fourth-order valence-electron chi connectivity index (χ4n) is 3.94. The predicted molar refractivity (Wildman–Crippen MR) is 116 cm³/mol. The summed E-state index contributed by atoms with van der Waals surface area (Å²) in [6.07, 6.45) is 4.28. The van der Waals surface area contributed by atoms with Gasteiger partial charge in [-0.05, 0) is 65.9 Å². The highest BCUT2D eigenvalue weighted by molar-refractivity contribution is 7.14. The molecule has 1 amide bonds. The lowest BCUT2D eigenvalue weighted by Gasteiger charge is -2.25. The molecule has 3 heterocycles. The molecule has 1 aromatic heterocycles. The highest BCUT2D eigenvalue weighted by atomic mass is 32.1. The Morgan fingerprint density at radius 3 is 2.90 bits per heavy atom. The molecule has 29 heavy (non-hydrogen) atoms. The second kappa shape index (κ2) is 7.33. The number of thiazole rings is 1. The van der Waals surface area contributed by atoms with Crippen LogP contribution in [0.2, 0.25) is 0 Å². The Hall–Kier alpha value is -3.19. The topological polar surface area (TPSA) is 66.8 Å². The van der Waals surface area contributed by atoms with Gasteiger partial charge in [0.25, 0.3) is 0 Å². The summed E-state index contributed by atoms with van der Waals surface area (Å²) in [7, 11) is 1.65. The highest BCUT2D eigenvalue weighted by Gasteiger charge is 2.32. The van der Waals surface area contributed by atoms with Gasteiger partial charge in [0.1, 0.15) is 5.75 Å². The van der Waals surface area contributed by atoms with Crippen LogP contribution in [0, 0.1) is 0 Å². The number of anilines is 2. The maximum atomic E-state index is 12.3. The first kappa shape index (κ1) is 17.9. The normalized spacial score (nSPS) is 15.1. The van der Waals surface area contributed by atoms with Crippen molar-refractivity contribution in [3.05, 3.63) is 58.5 Å². The van der Waals surface area contributed by atoms with E-state index in [2.05, 4.69) is 27.6 Å². The maximum absolute atomic E-state index is 12.3. The van der Waals surface area contributed by atoms with Gasteiger partial charge in [0.2, 0.25) is 11.0 Å². The van der Waals surface area contributed by atoms with Crippen LogP contribution >= 0.6 is 11.3 Å². The third-order valence-corrected chi connectivity index (χ3v) is 6.04. The molecule has 2 aromatic carbocycles. The standard InChI is InChI=1S/C22H20N4O2S/c1-28-18-6-4-14(5-7-18)12-23-25-22-24-19(13-29-22)16-9-15-3-2-8-26-20(27)11-17(10-16)21(15)26/h4-7,9-10,12-13H,2-3,8,11H2,1H3,(H,24,25)/b23-12-. The SMILES string of the molecule is COc1ccc(/C=N\Nc2nc(-c3cc4c5c(c3)CC(=O)N5CCC4)cs2)cc1. The number of aromatic nitrogens is 1. The highest BCUT2D eigenvalue weighted by Crippen LogP contribution is 2.40. The number of ether oxygens (including phenoxy) is 1. The maximum Gasteiger partial charge on any atom is 0.231 e. The number of methoxy groups -OCH3 is 1. The van der Waals surface area contributed by atoms with Crippen LogP contribution < -0.4 is 15.1 Å². The first-order valence-electron chi connectivity index (χ1n) is 9.56. The molecule has 0 bridgehead atoms. The Morgan fingerprint density at radius 1 is 1.24 bits per heavy atom. The van der Waals surface area contributed by atoms with Gasteiger partial charge >= 0.3 is 0 Å². The van der Waals surface area contributed by atoms with Gasteiger partial charge in [-0.15, -0.1) is 11.3 Å². The average Bonchev–Trinajstić information content (AvgIpc) is 3.34. The van der Waals surface area contributed by atoms with E-state index in [1.807, 2.05) is 34.5 Å². The number of amides is 1. The summed E-state index contributed by atoms with van der Waals surface area (Å²) >= 11 is 1.51. The number of carbonyl (C=O) groups excluding carboxylic acids is 1. The fraction of sp³-hybridized carbons (Fsp3) is 0.227. The lowest BCUT2D eigenvalue weighted by atomic mass is 9.96. The quantitative estimate of drug-likeness (QED) is 0.514. The van der Waals surface area contributed by atoms with Crippen molar-refractivity contribution in [1.82, 2.24) is 4.98 Å². The Morgan fingerprint density at radius 2 is 2.07 bits per heavy atom. The van der Waals surface area contributed by atoms with E-state index in [9.17, 15) is 4.79 Å². The molecule has 0 atom stereocenters. The van der Waals surface area contributed by atoms with Crippen molar-refractivity contribution < 1.29 is 9.53 Å². The van der Waals surface area contributed by atoms with Crippen LogP contribution in [0.5, 0.6) is 5.75 Å². The summed E-state index contributed by atoms with van der Waals surface area (Å²) < 4.78 is 5.16. The van der Waals surface area contributed by atoms with E-state index in [0.29, 0.717) is 6.42 Å². The van der Waals surface area contributed by atoms with Gasteiger partial charge < -0.3 is 9.64 Å². The average molecular weight is 404 g/mol. The van der Waals surface area contributed by atoms with Gasteiger partial charge in [0.05, 0.1) is 31.1 Å². The van der Waals surface area contributed by atoms with E-state index in [1.165, 1.54) is 16.9 Å². The van der Waals surface area contributed by atoms with Crippen LogP contribution in [-0.4, -0.2) is 30.8 Å². The smallest absolute Gasteiger partial charge is 0.231 e. The molecule has 146 valence electrons. The van der Waals surface area contributed by atoms with Crippen LogP contribution in [0.4, 0.5) is 10.8 Å². The Bertz CT molecular complexity index is 1100. The lowest BCUT2D eigenvalue weighted by molar-refractivity contribution is -0.117. The number of hydrazone groups is 1. The largest absolute Gasteiger partial charge is 0.497 e. The summed E-state index contributed by atoms with van der Waals surface area (Å²) in [5.41, 5.74) is 9.48. The zero-order valence-corrected chi connectivity index (χ0v) is 16.8. The molecule has 2 aliphatic rings. The molecule has 6 nitrogen and oxygen atoms in total. The van der Waals surface area contributed by atoms with Crippen LogP contribution in [0.1, 0.15) is 23.1 Å². The third-order valence-electron chi connectivity index (χ3n) is 5.30. The number of aryl methyl sites for hydroxylation is 1. The Labute approximate surface area is 172 Å². The number of hydrogen-bond donors (Lipinski definition) is 1. The second-order valence-electron chi connectivity index (χ2n) is 7.15. The summed E-state index contributed by atoms with van der Waals surface area (Å²) in [6, 6.07) is 12.0. The van der Waals surface area contributed by atoms with Gasteiger partial charge in [-0.1, -0.05) is 0 Å². The van der Waals surface area contributed by atoms with Crippen molar-refractivity contribution in [1.29, 1.82) is 0 Å². The molecule has 5 rings (SSSR count). The monoisotopic (exact) mass is 404 g/mol.